The number of hydrogen-bond acceptors (Lipinski definition) is 5. The highest BCUT2D eigenvalue weighted by Crippen LogP contribution is 2.36. The molecule has 1 aliphatic heterocycles. The van der Waals surface area contributed by atoms with E-state index in [2.05, 4.69) is 41.5 Å². The highest BCUT2D eigenvalue weighted by atomic mass is 35.5. The topological polar surface area (TPSA) is 50.3 Å². The number of nitrogens with zero attached hydrogens (tertiary/aromatic N) is 2. The summed E-state index contributed by atoms with van der Waals surface area (Å²) in [7, 11) is -3.36. The van der Waals surface area contributed by atoms with Crippen LogP contribution in [0.4, 0.5) is 5.13 Å². The van der Waals surface area contributed by atoms with Crippen LogP contribution in [0.2, 0.25) is 0 Å². The Balaban J connectivity index is 1.41. The standard InChI is InChI=1S/C24H29ClN2O2S2/c1-3-6-18-8-10-19(11-9-18)21-17-30-23(26-21)27-15-12-20(13-16-27)31(28,29)22-7-4-5-14-24(22,2)25/h4-5,7-11,14,17,20,22H,3,6,12-13,15-16H2,1-2H3. The number of halogens is 1. The number of aryl methyl sites for hydroxylation is 1. The summed E-state index contributed by atoms with van der Waals surface area (Å²) in [6, 6.07) is 8.62. The van der Waals surface area contributed by atoms with Crippen molar-refractivity contribution < 1.29 is 8.42 Å². The van der Waals surface area contributed by atoms with E-state index < -0.39 is 20.0 Å². The Morgan fingerprint density at radius 1 is 1.19 bits per heavy atom. The van der Waals surface area contributed by atoms with Crippen molar-refractivity contribution in [1.29, 1.82) is 0 Å². The molecule has 1 aromatic heterocycles. The van der Waals surface area contributed by atoms with Crippen LogP contribution in [0.1, 0.15) is 38.7 Å². The largest absolute Gasteiger partial charge is 0.348 e. The lowest BCUT2D eigenvalue weighted by Crippen LogP contribution is -2.47. The third kappa shape index (κ3) is 4.76. The van der Waals surface area contributed by atoms with Gasteiger partial charge >= 0.3 is 0 Å². The van der Waals surface area contributed by atoms with Gasteiger partial charge in [0.25, 0.3) is 0 Å². The summed E-state index contributed by atoms with van der Waals surface area (Å²) < 4.78 is 26.5. The molecule has 7 heteroatoms. The van der Waals surface area contributed by atoms with E-state index in [0.717, 1.165) is 29.2 Å². The average molecular weight is 477 g/mol. The van der Waals surface area contributed by atoms with Gasteiger partial charge in [-0.25, -0.2) is 13.4 Å². The molecule has 1 saturated heterocycles. The minimum atomic E-state index is -3.36. The lowest BCUT2D eigenvalue weighted by Gasteiger charge is -2.36. The van der Waals surface area contributed by atoms with Gasteiger partial charge in [0.1, 0.15) is 5.25 Å². The first-order valence-electron chi connectivity index (χ1n) is 10.9. The lowest BCUT2D eigenvalue weighted by atomic mass is 10.0. The van der Waals surface area contributed by atoms with Gasteiger partial charge in [-0.3, -0.25) is 0 Å². The van der Waals surface area contributed by atoms with Crippen LogP contribution in [0.5, 0.6) is 0 Å². The van der Waals surface area contributed by atoms with Crippen molar-refractivity contribution in [2.24, 2.45) is 0 Å². The monoisotopic (exact) mass is 476 g/mol. The number of benzene rings is 1. The smallest absolute Gasteiger partial charge is 0.185 e. The Labute approximate surface area is 194 Å². The molecule has 0 amide bonds. The van der Waals surface area contributed by atoms with E-state index in [4.69, 9.17) is 16.6 Å². The molecule has 0 N–H and O–H groups in total. The third-order valence-corrected chi connectivity index (χ3v) is 10.3. The Hall–Kier alpha value is -1.63. The molecule has 2 aliphatic rings. The van der Waals surface area contributed by atoms with Crippen molar-refractivity contribution in [2.75, 3.05) is 18.0 Å². The van der Waals surface area contributed by atoms with Gasteiger partial charge in [0.05, 0.1) is 15.8 Å². The molecule has 4 nitrogen and oxygen atoms in total. The van der Waals surface area contributed by atoms with Crippen LogP contribution in [-0.4, -0.2) is 41.9 Å². The van der Waals surface area contributed by atoms with Gasteiger partial charge in [-0.15, -0.1) is 22.9 Å². The van der Waals surface area contributed by atoms with Gasteiger partial charge in [0.2, 0.25) is 0 Å². The molecule has 0 spiro atoms. The molecule has 2 aromatic rings. The summed E-state index contributed by atoms with van der Waals surface area (Å²) in [4.78, 5) is 6.16. The number of anilines is 1. The summed E-state index contributed by atoms with van der Waals surface area (Å²) in [5.41, 5.74) is 3.45. The zero-order valence-electron chi connectivity index (χ0n) is 18.0. The molecule has 0 saturated carbocycles. The number of allylic oxidation sites excluding steroid dienone is 3. The summed E-state index contributed by atoms with van der Waals surface area (Å²) >= 11 is 8.14. The number of sulfone groups is 1. The molecule has 2 heterocycles. The van der Waals surface area contributed by atoms with Crippen LogP contribution < -0.4 is 4.90 Å². The van der Waals surface area contributed by atoms with Gasteiger partial charge in [0.15, 0.2) is 15.0 Å². The van der Waals surface area contributed by atoms with Gasteiger partial charge in [0, 0.05) is 24.0 Å². The van der Waals surface area contributed by atoms with Gasteiger partial charge < -0.3 is 4.90 Å². The fourth-order valence-corrected chi connectivity index (χ4v) is 8.10. The summed E-state index contributed by atoms with van der Waals surface area (Å²) in [5, 5.41) is 2.01. The van der Waals surface area contributed by atoms with Crippen molar-refractivity contribution in [3.63, 3.8) is 0 Å². The quantitative estimate of drug-likeness (QED) is 0.506. The van der Waals surface area contributed by atoms with Crippen molar-refractivity contribution in [2.45, 2.75) is 54.9 Å². The van der Waals surface area contributed by atoms with Crippen molar-refractivity contribution in [3.05, 3.63) is 59.5 Å². The summed E-state index contributed by atoms with van der Waals surface area (Å²) in [5.74, 6) is 0. The average Bonchev–Trinajstić information content (AvgIpc) is 3.24. The number of piperidine rings is 1. The molecule has 1 fully saturated rings. The maximum atomic E-state index is 13.3. The van der Waals surface area contributed by atoms with Crippen molar-refractivity contribution in [1.82, 2.24) is 4.98 Å². The highest BCUT2D eigenvalue weighted by Gasteiger charge is 2.44. The Kier molecular flexibility index (Phi) is 6.61. The first-order valence-corrected chi connectivity index (χ1v) is 13.8. The minimum absolute atomic E-state index is 0.367. The number of rotatable bonds is 6. The number of thiazole rings is 1. The fraction of sp³-hybridized carbons (Fsp3) is 0.458. The molecule has 1 aromatic carbocycles. The van der Waals surface area contributed by atoms with Crippen LogP contribution in [0.3, 0.4) is 0 Å². The molecular weight excluding hydrogens is 448 g/mol. The van der Waals surface area contributed by atoms with Crippen LogP contribution >= 0.6 is 22.9 Å². The van der Waals surface area contributed by atoms with E-state index in [1.807, 2.05) is 6.08 Å². The van der Waals surface area contributed by atoms with E-state index >= 15 is 0 Å². The molecule has 1 aliphatic carbocycles. The van der Waals surface area contributed by atoms with Crippen LogP contribution in [0.25, 0.3) is 11.3 Å². The molecular formula is C24H29ClN2O2S2. The maximum Gasteiger partial charge on any atom is 0.185 e. The number of alkyl halides is 1. The third-order valence-electron chi connectivity index (χ3n) is 6.19. The fourth-order valence-electron chi connectivity index (χ4n) is 4.38. The Morgan fingerprint density at radius 3 is 2.55 bits per heavy atom. The second-order valence-corrected chi connectivity index (χ2v) is 12.6. The first kappa shape index (κ1) is 22.6. The zero-order valence-corrected chi connectivity index (χ0v) is 20.4. The second kappa shape index (κ2) is 9.08. The molecule has 2 unspecified atom stereocenters. The number of hydrogen-bond donors (Lipinski definition) is 0. The molecule has 2 atom stereocenters. The maximum absolute atomic E-state index is 13.3. The van der Waals surface area contributed by atoms with Crippen LogP contribution in [0, 0.1) is 0 Å². The number of aromatic nitrogens is 1. The van der Waals surface area contributed by atoms with Gasteiger partial charge in [-0.05, 0) is 31.7 Å². The van der Waals surface area contributed by atoms with Gasteiger partial charge in [-0.1, -0.05) is 61.9 Å². The zero-order chi connectivity index (χ0) is 22.1. The van der Waals surface area contributed by atoms with Gasteiger partial charge in [-0.2, -0.15) is 0 Å². The molecule has 4 rings (SSSR count). The SMILES string of the molecule is CCCc1ccc(-c2csc(N3CCC(S(=O)(=O)C4C=CC=CC4(C)Cl)CC3)n2)cc1. The van der Waals surface area contributed by atoms with Crippen molar-refractivity contribution in [3.8, 4) is 11.3 Å². The Bertz CT molecular complexity index is 1060. The van der Waals surface area contributed by atoms with E-state index in [9.17, 15) is 8.42 Å². The van der Waals surface area contributed by atoms with Crippen LogP contribution in [-0.2, 0) is 16.3 Å². The Morgan fingerprint density at radius 2 is 1.90 bits per heavy atom. The molecule has 31 heavy (non-hydrogen) atoms. The van der Waals surface area contributed by atoms with Crippen molar-refractivity contribution >= 4 is 37.9 Å². The molecule has 0 bridgehead atoms. The molecule has 166 valence electrons. The van der Waals surface area contributed by atoms with E-state index in [1.54, 1.807) is 36.5 Å². The lowest BCUT2D eigenvalue weighted by molar-refractivity contribution is 0.518. The predicted octanol–water partition coefficient (Wildman–Crippen LogP) is 5.64. The minimum Gasteiger partial charge on any atom is -0.348 e. The van der Waals surface area contributed by atoms with E-state index in [-0.39, 0.29) is 5.25 Å². The summed E-state index contributed by atoms with van der Waals surface area (Å²) in [6.07, 6.45) is 10.5. The normalized spacial score (nSPS) is 24.6. The summed E-state index contributed by atoms with van der Waals surface area (Å²) in [6.45, 7) is 5.35. The van der Waals surface area contributed by atoms with E-state index in [0.29, 0.717) is 25.9 Å². The second-order valence-electron chi connectivity index (χ2n) is 8.55. The first-order chi connectivity index (χ1) is 14.8. The predicted molar refractivity (Wildman–Crippen MR) is 132 cm³/mol. The van der Waals surface area contributed by atoms with Crippen LogP contribution in [0.15, 0.2) is 53.9 Å². The molecule has 0 radical (unpaired) electrons. The van der Waals surface area contributed by atoms with E-state index in [1.165, 1.54) is 5.56 Å². The highest BCUT2D eigenvalue weighted by molar-refractivity contribution is 7.93.